The fourth-order valence-electron chi connectivity index (χ4n) is 1.95. The Balaban J connectivity index is 2.74. The molecule has 2 N–H and O–H groups in total. The first kappa shape index (κ1) is 14.9. The van der Waals surface area contributed by atoms with Gasteiger partial charge in [0, 0.05) is 25.7 Å². The molecule has 0 aromatic heterocycles. The lowest BCUT2D eigenvalue weighted by Crippen LogP contribution is -2.53. The molecule has 5 nitrogen and oxygen atoms in total. The summed E-state index contributed by atoms with van der Waals surface area (Å²) < 4.78 is 31.3. The molecule has 1 fully saturated rings. The second-order valence-corrected chi connectivity index (χ2v) is 6.98. The third-order valence-electron chi connectivity index (χ3n) is 3.80. The molecule has 2 unspecified atom stereocenters. The normalized spacial score (nSPS) is 25.1. The van der Waals surface area contributed by atoms with E-state index in [1.54, 1.807) is 7.05 Å². The van der Waals surface area contributed by atoms with Crippen LogP contribution in [0.15, 0.2) is 0 Å². The van der Waals surface area contributed by atoms with Gasteiger partial charge in [0.2, 0.25) is 10.0 Å². The van der Waals surface area contributed by atoms with Crippen molar-refractivity contribution < 1.29 is 13.2 Å². The summed E-state index contributed by atoms with van der Waals surface area (Å²) in [6.07, 6.45) is 2.33. The number of likely N-dealkylation sites (N-methyl/N-ethyl adjacent to an activating group) is 1. The number of hydrogen-bond donors (Lipinski definition) is 1. The van der Waals surface area contributed by atoms with E-state index in [2.05, 4.69) is 0 Å². The number of hydrogen-bond acceptors (Lipinski definition) is 4. The van der Waals surface area contributed by atoms with Gasteiger partial charge in [0.25, 0.3) is 0 Å². The molecule has 0 saturated carbocycles. The van der Waals surface area contributed by atoms with E-state index in [1.807, 2.05) is 13.8 Å². The van der Waals surface area contributed by atoms with Crippen molar-refractivity contribution in [2.75, 3.05) is 26.0 Å². The smallest absolute Gasteiger partial charge is 0.216 e. The molecular weight excluding hydrogens is 240 g/mol. The van der Waals surface area contributed by atoms with Gasteiger partial charge in [-0.15, -0.1) is 0 Å². The standard InChI is InChI=1S/C11H24N2O3S/c1-4-11(2,9-12)13(3)17(14,15)8-10-6-5-7-16-10/h10H,4-9,12H2,1-3H3. The van der Waals surface area contributed by atoms with Crippen LogP contribution >= 0.6 is 0 Å². The van der Waals surface area contributed by atoms with Crippen molar-refractivity contribution in [3.8, 4) is 0 Å². The van der Waals surface area contributed by atoms with Crippen LogP contribution in [0.3, 0.4) is 0 Å². The number of sulfonamides is 1. The van der Waals surface area contributed by atoms with Gasteiger partial charge in [0.1, 0.15) is 0 Å². The minimum absolute atomic E-state index is 0.0685. The molecule has 1 saturated heterocycles. The first-order valence-corrected chi connectivity index (χ1v) is 7.75. The van der Waals surface area contributed by atoms with E-state index >= 15 is 0 Å². The highest BCUT2D eigenvalue weighted by Gasteiger charge is 2.36. The van der Waals surface area contributed by atoms with E-state index in [9.17, 15) is 8.42 Å². The van der Waals surface area contributed by atoms with Gasteiger partial charge in [-0.2, -0.15) is 4.31 Å². The van der Waals surface area contributed by atoms with Crippen LogP contribution in [0.5, 0.6) is 0 Å². The van der Waals surface area contributed by atoms with Crippen LogP contribution in [-0.2, 0) is 14.8 Å². The molecule has 17 heavy (non-hydrogen) atoms. The Bertz CT molecular complexity index is 333. The van der Waals surface area contributed by atoms with E-state index < -0.39 is 15.6 Å². The fourth-order valence-corrected chi connectivity index (χ4v) is 3.79. The van der Waals surface area contributed by atoms with Gasteiger partial charge in [-0.05, 0) is 26.2 Å². The van der Waals surface area contributed by atoms with E-state index in [1.165, 1.54) is 4.31 Å². The molecule has 0 amide bonds. The lowest BCUT2D eigenvalue weighted by atomic mass is 10.00. The largest absolute Gasteiger partial charge is 0.377 e. The van der Waals surface area contributed by atoms with Crippen molar-refractivity contribution in [1.82, 2.24) is 4.31 Å². The minimum atomic E-state index is -3.30. The zero-order valence-corrected chi connectivity index (χ0v) is 11.8. The maximum absolute atomic E-state index is 12.2. The predicted molar refractivity (Wildman–Crippen MR) is 68.3 cm³/mol. The Kier molecular flexibility index (Phi) is 4.95. The van der Waals surface area contributed by atoms with Gasteiger partial charge < -0.3 is 10.5 Å². The van der Waals surface area contributed by atoms with Crippen molar-refractivity contribution in [1.29, 1.82) is 0 Å². The van der Waals surface area contributed by atoms with Gasteiger partial charge in [-0.3, -0.25) is 0 Å². The molecule has 0 aromatic carbocycles. The van der Waals surface area contributed by atoms with Crippen LogP contribution < -0.4 is 5.73 Å². The SMILES string of the molecule is CCC(C)(CN)N(C)S(=O)(=O)CC1CCCO1. The van der Waals surface area contributed by atoms with Crippen LogP contribution in [0.25, 0.3) is 0 Å². The average molecular weight is 264 g/mol. The molecule has 102 valence electrons. The Hall–Kier alpha value is -0.170. The molecule has 0 spiro atoms. The Morgan fingerprint density at radius 1 is 1.53 bits per heavy atom. The van der Waals surface area contributed by atoms with Gasteiger partial charge in [0.05, 0.1) is 11.9 Å². The van der Waals surface area contributed by atoms with Crippen molar-refractivity contribution in [2.45, 2.75) is 44.8 Å². The van der Waals surface area contributed by atoms with Gasteiger partial charge >= 0.3 is 0 Å². The summed E-state index contributed by atoms with van der Waals surface area (Å²) in [5.41, 5.74) is 5.18. The second kappa shape index (κ2) is 5.65. The van der Waals surface area contributed by atoms with Crippen LogP contribution in [0.4, 0.5) is 0 Å². The molecule has 1 aliphatic rings. The molecule has 6 heteroatoms. The summed E-state index contributed by atoms with van der Waals surface area (Å²) in [7, 11) is -1.69. The second-order valence-electron chi connectivity index (χ2n) is 4.94. The highest BCUT2D eigenvalue weighted by atomic mass is 32.2. The first-order chi connectivity index (χ1) is 7.85. The predicted octanol–water partition coefficient (Wildman–Crippen LogP) is 0.554. The lowest BCUT2D eigenvalue weighted by molar-refractivity contribution is 0.125. The summed E-state index contributed by atoms with van der Waals surface area (Å²) in [5, 5.41) is 0. The molecule has 1 heterocycles. The first-order valence-electron chi connectivity index (χ1n) is 6.14. The minimum Gasteiger partial charge on any atom is -0.377 e. The molecular formula is C11H24N2O3S. The molecule has 0 radical (unpaired) electrons. The quantitative estimate of drug-likeness (QED) is 0.760. The maximum atomic E-state index is 12.2. The van der Waals surface area contributed by atoms with Gasteiger partial charge in [0.15, 0.2) is 0 Å². The van der Waals surface area contributed by atoms with Gasteiger partial charge in [-0.1, -0.05) is 6.92 Å². The van der Waals surface area contributed by atoms with E-state index in [0.29, 0.717) is 19.6 Å². The van der Waals surface area contributed by atoms with Crippen molar-refractivity contribution in [2.24, 2.45) is 5.73 Å². The Labute approximate surface area is 104 Å². The molecule has 0 aromatic rings. The summed E-state index contributed by atoms with van der Waals surface area (Å²) in [6.45, 7) is 4.82. The Morgan fingerprint density at radius 2 is 2.18 bits per heavy atom. The molecule has 0 aliphatic carbocycles. The van der Waals surface area contributed by atoms with Crippen LogP contribution in [0, 0.1) is 0 Å². The van der Waals surface area contributed by atoms with Crippen LogP contribution in [0.1, 0.15) is 33.1 Å². The average Bonchev–Trinajstić information content (AvgIpc) is 2.79. The number of rotatable bonds is 6. The van der Waals surface area contributed by atoms with Crippen molar-refractivity contribution in [3.63, 3.8) is 0 Å². The van der Waals surface area contributed by atoms with Crippen LogP contribution in [0.2, 0.25) is 0 Å². The highest BCUT2D eigenvalue weighted by Crippen LogP contribution is 2.23. The summed E-state index contributed by atoms with van der Waals surface area (Å²) in [4.78, 5) is 0. The third kappa shape index (κ3) is 3.40. The van der Waals surface area contributed by atoms with E-state index in [0.717, 1.165) is 12.8 Å². The summed E-state index contributed by atoms with van der Waals surface area (Å²) in [5.74, 6) is 0.0685. The van der Waals surface area contributed by atoms with Crippen molar-refractivity contribution in [3.05, 3.63) is 0 Å². The zero-order valence-electron chi connectivity index (χ0n) is 11.0. The fraction of sp³-hybridized carbons (Fsp3) is 1.00. The topological polar surface area (TPSA) is 72.6 Å². The lowest BCUT2D eigenvalue weighted by Gasteiger charge is -2.36. The third-order valence-corrected chi connectivity index (χ3v) is 5.87. The summed E-state index contributed by atoms with van der Waals surface area (Å²) in [6, 6.07) is 0. The molecule has 2 atom stereocenters. The highest BCUT2D eigenvalue weighted by molar-refractivity contribution is 7.89. The molecule has 1 aliphatic heterocycles. The van der Waals surface area contributed by atoms with Gasteiger partial charge in [-0.25, -0.2) is 8.42 Å². The van der Waals surface area contributed by atoms with Crippen LogP contribution in [-0.4, -0.2) is 50.3 Å². The number of nitrogens with two attached hydrogens (primary N) is 1. The molecule has 1 rings (SSSR count). The number of nitrogens with zero attached hydrogens (tertiary/aromatic N) is 1. The van der Waals surface area contributed by atoms with E-state index in [4.69, 9.17) is 10.5 Å². The van der Waals surface area contributed by atoms with Crippen molar-refractivity contribution >= 4 is 10.0 Å². The monoisotopic (exact) mass is 264 g/mol. The Morgan fingerprint density at radius 3 is 2.59 bits per heavy atom. The maximum Gasteiger partial charge on any atom is 0.216 e. The zero-order chi connectivity index (χ0) is 13.1. The summed E-state index contributed by atoms with van der Waals surface area (Å²) >= 11 is 0. The van der Waals surface area contributed by atoms with E-state index in [-0.39, 0.29) is 11.9 Å². The number of ether oxygens (including phenoxy) is 1. The molecule has 0 bridgehead atoms.